The Morgan fingerprint density at radius 3 is 2.41 bits per heavy atom. The van der Waals surface area contributed by atoms with Crippen molar-refractivity contribution in [3.63, 3.8) is 0 Å². The molecule has 0 spiro atoms. The average Bonchev–Trinajstić information content (AvgIpc) is 2.81. The van der Waals surface area contributed by atoms with E-state index in [2.05, 4.69) is 53.7 Å². The molecule has 2 aliphatic rings. The molecule has 6 heteroatoms. The SMILES string of the molecule is C=O.COC.Cc1nccc(Cc2ccc3c(c2)N=C(C(C)(C)C)CC3CC2CCOCC2)n1. The maximum Gasteiger partial charge on any atom is 0.125 e. The van der Waals surface area contributed by atoms with Gasteiger partial charge in [-0.15, -0.1) is 0 Å². The van der Waals surface area contributed by atoms with Crippen LogP contribution in [0.2, 0.25) is 0 Å². The number of ether oxygens (including phenoxy) is 2. The first-order valence-corrected chi connectivity index (χ1v) is 12.1. The van der Waals surface area contributed by atoms with Gasteiger partial charge in [-0.1, -0.05) is 32.9 Å². The van der Waals surface area contributed by atoms with Crippen molar-refractivity contribution >= 4 is 18.2 Å². The molecule has 34 heavy (non-hydrogen) atoms. The molecule has 0 radical (unpaired) electrons. The highest BCUT2D eigenvalue weighted by Crippen LogP contribution is 2.43. The van der Waals surface area contributed by atoms with Gasteiger partial charge < -0.3 is 14.3 Å². The normalized spacial score (nSPS) is 17.9. The van der Waals surface area contributed by atoms with E-state index in [1.807, 2.05) is 26.0 Å². The Morgan fingerprint density at radius 2 is 1.79 bits per heavy atom. The Hall–Kier alpha value is -2.44. The Morgan fingerprint density at radius 1 is 1.12 bits per heavy atom. The Balaban J connectivity index is 0.000000758. The van der Waals surface area contributed by atoms with Crippen LogP contribution in [0.5, 0.6) is 0 Å². The lowest BCUT2D eigenvalue weighted by Gasteiger charge is -2.34. The lowest BCUT2D eigenvalue weighted by atomic mass is 9.75. The molecule has 1 aromatic heterocycles. The Kier molecular flexibility index (Phi) is 11.0. The number of carbonyl (C=O) groups excluding carboxylic acids is 1. The van der Waals surface area contributed by atoms with Crippen molar-refractivity contribution in [3.8, 4) is 0 Å². The van der Waals surface area contributed by atoms with Crippen LogP contribution in [0.1, 0.15) is 75.0 Å². The molecule has 6 nitrogen and oxygen atoms in total. The third-order valence-electron chi connectivity index (χ3n) is 6.27. The topological polar surface area (TPSA) is 73.7 Å². The number of benzene rings is 1. The molecular weight excluding hydrogens is 426 g/mol. The fourth-order valence-corrected chi connectivity index (χ4v) is 4.56. The molecule has 1 saturated heterocycles. The van der Waals surface area contributed by atoms with Crippen molar-refractivity contribution in [1.29, 1.82) is 0 Å². The molecule has 1 fully saturated rings. The van der Waals surface area contributed by atoms with Crippen molar-refractivity contribution in [2.75, 3.05) is 27.4 Å². The van der Waals surface area contributed by atoms with E-state index in [1.165, 1.54) is 41.8 Å². The van der Waals surface area contributed by atoms with Crippen LogP contribution in [0, 0.1) is 18.3 Å². The van der Waals surface area contributed by atoms with Gasteiger partial charge in [0, 0.05) is 56.9 Å². The highest BCUT2D eigenvalue weighted by atomic mass is 16.5. The number of aromatic nitrogens is 2. The van der Waals surface area contributed by atoms with E-state index in [1.54, 1.807) is 14.2 Å². The van der Waals surface area contributed by atoms with Crippen molar-refractivity contribution in [1.82, 2.24) is 9.97 Å². The smallest absolute Gasteiger partial charge is 0.125 e. The van der Waals surface area contributed by atoms with Gasteiger partial charge in [0.1, 0.15) is 12.6 Å². The van der Waals surface area contributed by atoms with Crippen molar-refractivity contribution in [2.24, 2.45) is 16.3 Å². The Bertz CT molecular complexity index is 931. The van der Waals surface area contributed by atoms with E-state index in [0.29, 0.717) is 5.92 Å². The molecule has 0 bridgehead atoms. The molecule has 0 N–H and O–H groups in total. The van der Waals surface area contributed by atoms with Gasteiger partial charge in [0.15, 0.2) is 0 Å². The minimum atomic E-state index is 0.103. The number of methoxy groups -OCH3 is 1. The molecular formula is C28H41N3O3. The number of aliphatic imine (C=N–C) groups is 1. The van der Waals surface area contributed by atoms with Crippen molar-refractivity contribution in [3.05, 3.63) is 53.1 Å². The van der Waals surface area contributed by atoms with Gasteiger partial charge in [-0.25, -0.2) is 9.97 Å². The van der Waals surface area contributed by atoms with E-state index < -0.39 is 0 Å². The van der Waals surface area contributed by atoms with Crippen LogP contribution in [0.3, 0.4) is 0 Å². The van der Waals surface area contributed by atoms with Gasteiger partial charge in [-0.2, -0.15) is 0 Å². The van der Waals surface area contributed by atoms with Gasteiger partial charge in [0.25, 0.3) is 0 Å². The van der Waals surface area contributed by atoms with Crippen LogP contribution < -0.4 is 0 Å². The number of rotatable bonds is 4. The molecule has 0 amide bonds. The quantitative estimate of drug-likeness (QED) is 0.562. The summed E-state index contributed by atoms with van der Waals surface area (Å²) in [6.45, 7) is 12.6. The fraction of sp³-hybridized carbons (Fsp3) is 0.571. The minimum Gasteiger partial charge on any atom is -0.388 e. The third kappa shape index (κ3) is 8.10. The number of nitrogens with zero attached hydrogens (tertiary/aromatic N) is 3. The monoisotopic (exact) mass is 467 g/mol. The van der Waals surface area contributed by atoms with E-state index in [4.69, 9.17) is 14.5 Å². The summed E-state index contributed by atoms with van der Waals surface area (Å²) in [5, 5.41) is 0. The van der Waals surface area contributed by atoms with E-state index in [0.717, 1.165) is 43.5 Å². The second-order valence-electron chi connectivity index (χ2n) is 10.1. The van der Waals surface area contributed by atoms with Crippen LogP contribution in [0.4, 0.5) is 5.69 Å². The molecule has 1 aromatic carbocycles. The second-order valence-corrected chi connectivity index (χ2v) is 10.1. The number of aryl methyl sites for hydroxylation is 1. The standard InChI is InChI=1S/C25H33N3O.C2H6O.CH2O/c1-17-26-10-7-21(27-17)14-19-5-6-22-20(13-18-8-11-29-12-9-18)16-24(25(2,3)4)28-23(22)15-19;1-3-2;1-2/h5-7,10,15,18,20H,8-9,11-14,16H2,1-4H3;1-2H3;1H2. The zero-order valence-electron chi connectivity index (χ0n) is 21.8. The number of hydrogen-bond acceptors (Lipinski definition) is 6. The minimum absolute atomic E-state index is 0.103. The molecule has 4 rings (SSSR count). The summed E-state index contributed by atoms with van der Waals surface area (Å²) >= 11 is 0. The molecule has 3 heterocycles. The Labute approximate surface area is 205 Å². The van der Waals surface area contributed by atoms with Crippen molar-refractivity contribution in [2.45, 2.75) is 65.7 Å². The first-order valence-electron chi connectivity index (χ1n) is 12.1. The summed E-state index contributed by atoms with van der Waals surface area (Å²) in [7, 11) is 3.25. The molecule has 1 atom stereocenters. The number of fused-ring (bicyclic) bond motifs is 1. The van der Waals surface area contributed by atoms with E-state index in [-0.39, 0.29) is 5.41 Å². The first kappa shape index (κ1) is 27.8. The zero-order valence-corrected chi connectivity index (χ0v) is 21.8. The largest absolute Gasteiger partial charge is 0.388 e. The molecule has 1 unspecified atom stereocenters. The van der Waals surface area contributed by atoms with Crippen molar-refractivity contribution < 1.29 is 14.3 Å². The predicted molar refractivity (Wildman–Crippen MR) is 138 cm³/mol. The number of carbonyl (C=O) groups is 1. The lowest BCUT2D eigenvalue weighted by molar-refractivity contribution is -0.0980. The van der Waals surface area contributed by atoms with E-state index >= 15 is 0 Å². The summed E-state index contributed by atoms with van der Waals surface area (Å²) in [6.07, 6.45) is 7.38. The summed E-state index contributed by atoms with van der Waals surface area (Å²) in [4.78, 5) is 21.9. The van der Waals surface area contributed by atoms with Crippen LogP contribution in [0.25, 0.3) is 0 Å². The van der Waals surface area contributed by atoms with Crippen LogP contribution in [-0.2, 0) is 20.7 Å². The van der Waals surface area contributed by atoms with Gasteiger partial charge in [0.2, 0.25) is 0 Å². The van der Waals surface area contributed by atoms with Gasteiger partial charge in [-0.3, -0.25) is 4.99 Å². The first-order chi connectivity index (χ1) is 16.3. The van der Waals surface area contributed by atoms with Gasteiger partial charge >= 0.3 is 0 Å². The molecule has 0 aliphatic carbocycles. The maximum atomic E-state index is 8.00. The molecule has 2 aromatic rings. The molecule has 186 valence electrons. The highest BCUT2D eigenvalue weighted by molar-refractivity contribution is 5.94. The van der Waals surface area contributed by atoms with E-state index in [9.17, 15) is 0 Å². The maximum absolute atomic E-state index is 8.00. The van der Waals surface area contributed by atoms with Crippen LogP contribution >= 0.6 is 0 Å². The number of hydrogen-bond donors (Lipinski definition) is 0. The van der Waals surface area contributed by atoms with Gasteiger partial charge in [-0.05, 0) is 67.7 Å². The fourth-order valence-electron chi connectivity index (χ4n) is 4.56. The van der Waals surface area contributed by atoms with Crippen LogP contribution in [-0.4, -0.2) is 49.9 Å². The summed E-state index contributed by atoms with van der Waals surface area (Å²) in [5.74, 6) is 2.16. The summed E-state index contributed by atoms with van der Waals surface area (Å²) in [6, 6.07) is 8.88. The molecule has 2 aliphatic heterocycles. The van der Waals surface area contributed by atoms with Gasteiger partial charge in [0.05, 0.1) is 5.69 Å². The highest BCUT2D eigenvalue weighted by Gasteiger charge is 2.31. The predicted octanol–water partition coefficient (Wildman–Crippen LogP) is 5.88. The zero-order chi connectivity index (χ0) is 25.1. The average molecular weight is 468 g/mol. The summed E-state index contributed by atoms with van der Waals surface area (Å²) in [5.41, 5.74) is 6.36. The summed E-state index contributed by atoms with van der Waals surface area (Å²) < 4.78 is 9.83. The van der Waals surface area contributed by atoms with Crippen LogP contribution in [0.15, 0.2) is 35.5 Å². The third-order valence-corrected chi connectivity index (χ3v) is 6.27. The molecule has 0 saturated carbocycles. The lowest BCUT2D eigenvalue weighted by Crippen LogP contribution is -2.27. The second kappa shape index (κ2) is 13.4.